The molecule has 4 aromatic rings. The zero-order valence-corrected chi connectivity index (χ0v) is 20.9. The SMILES string of the molecule is COc1ccc(C2C(C(=O)c3ccccc3)C(c3cccs3)N3C(=O)N(c4ccccc4)C(=O)C23)cc1. The molecule has 37 heavy (non-hydrogen) atoms. The van der Waals surface area contributed by atoms with Crippen LogP contribution in [-0.2, 0) is 4.79 Å². The molecule has 2 aliphatic heterocycles. The number of thiophene rings is 1. The first kappa shape index (κ1) is 23.2. The number of carbonyl (C=O) groups is 3. The molecule has 0 bridgehead atoms. The first-order valence-electron chi connectivity index (χ1n) is 12.1. The summed E-state index contributed by atoms with van der Waals surface area (Å²) in [6.45, 7) is 0. The summed E-state index contributed by atoms with van der Waals surface area (Å²) in [5.74, 6) is -0.886. The predicted molar refractivity (Wildman–Crippen MR) is 142 cm³/mol. The molecule has 4 unspecified atom stereocenters. The molecule has 0 N–H and O–H groups in total. The average molecular weight is 509 g/mol. The maximum atomic E-state index is 14.2. The van der Waals surface area contributed by atoms with Gasteiger partial charge in [-0.15, -0.1) is 11.3 Å². The summed E-state index contributed by atoms with van der Waals surface area (Å²) < 4.78 is 5.35. The highest BCUT2D eigenvalue weighted by molar-refractivity contribution is 7.10. The van der Waals surface area contributed by atoms with Crippen LogP contribution in [0.3, 0.4) is 0 Å². The molecule has 7 heteroatoms. The summed E-state index contributed by atoms with van der Waals surface area (Å²) >= 11 is 1.49. The molecule has 6 rings (SSSR count). The van der Waals surface area contributed by atoms with Crippen LogP contribution in [0.25, 0.3) is 0 Å². The summed E-state index contributed by atoms with van der Waals surface area (Å²) in [5, 5.41) is 1.94. The van der Waals surface area contributed by atoms with Crippen LogP contribution in [0.2, 0.25) is 0 Å². The summed E-state index contributed by atoms with van der Waals surface area (Å²) in [6, 6.07) is 27.6. The van der Waals surface area contributed by atoms with Crippen molar-refractivity contribution in [1.29, 1.82) is 0 Å². The van der Waals surface area contributed by atoms with Crippen LogP contribution in [0.5, 0.6) is 5.75 Å². The number of methoxy groups -OCH3 is 1. The number of amides is 3. The van der Waals surface area contributed by atoms with Gasteiger partial charge in [0, 0.05) is 16.4 Å². The Kier molecular flexibility index (Phi) is 5.85. The first-order chi connectivity index (χ1) is 18.1. The lowest BCUT2D eigenvalue weighted by atomic mass is 9.77. The average Bonchev–Trinajstić information content (AvgIpc) is 3.65. The van der Waals surface area contributed by atoms with Crippen LogP contribution < -0.4 is 9.64 Å². The topological polar surface area (TPSA) is 66.9 Å². The van der Waals surface area contributed by atoms with Crippen molar-refractivity contribution >= 4 is 34.7 Å². The van der Waals surface area contributed by atoms with Crippen LogP contribution in [0.1, 0.15) is 32.8 Å². The molecule has 3 heterocycles. The van der Waals surface area contributed by atoms with E-state index in [1.165, 1.54) is 16.2 Å². The Balaban J connectivity index is 1.54. The molecular weight excluding hydrogens is 484 g/mol. The molecule has 1 aromatic heterocycles. The van der Waals surface area contributed by atoms with Gasteiger partial charge in [0.25, 0.3) is 5.91 Å². The maximum Gasteiger partial charge on any atom is 0.332 e. The number of anilines is 1. The van der Waals surface area contributed by atoms with Crippen LogP contribution in [0, 0.1) is 5.92 Å². The van der Waals surface area contributed by atoms with Gasteiger partial charge < -0.3 is 9.64 Å². The van der Waals surface area contributed by atoms with Gasteiger partial charge in [0.05, 0.1) is 24.8 Å². The normalized spacial score (nSPS) is 22.8. The molecule has 6 nitrogen and oxygen atoms in total. The quantitative estimate of drug-likeness (QED) is 0.239. The molecule has 3 aromatic carbocycles. The summed E-state index contributed by atoms with van der Waals surface area (Å²) in [4.78, 5) is 46.0. The van der Waals surface area contributed by atoms with Gasteiger partial charge in [-0.05, 0) is 41.3 Å². The lowest BCUT2D eigenvalue weighted by Gasteiger charge is -2.28. The van der Waals surface area contributed by atoms with Crippen LogP contribution in [0.15, 0.2) is 102 Å². The van der Waals surface area contributed by atoms with Gasteiger partial charge in [-0.3, -0.25) is 9.59 Å². The van der Waals surface area contributed by atoms with Crippen molar-refractivity contribution in [2.45, 2.75) is 18.0 Å². The number of nitrogens with zero attached hydrogens (tertiary/aromatic N) is 2. The number of para-hydroxylation sites is 1. The van der Waals surface area contributed by atoms with E-state index in [0.29, 0.717) is 17.0 Å². The number of rotatable bonds is 6. The van der Waals surface area contributed by atoms with E-state index in [1.807, 2.05) is 66.0 Å². The van der Waals surface area contributed by atoms with Gasteiger partial charge in [0.1, 0.15) is 11.8 Å². The van der Waals surface area contributed by atoms with Crippen LogP contribution in [0.4, 0.5) is 10.5 Å². The molecule has 0 saturated carbocycles. The number of Topliss-reactive ketones (excluding diaryl/α,β-unsaturated/α-hetero) is 1. The minimum absolute atomic E-state index is 0.0823. The van der Waals surface area contributed by atoms with E-state index < -0.39 is 30.0 Å². The highest BCUT2D eigenvalue weighted by Gasteiger charge is 2.63. The molecule has 4 atom stereocenters. The zero-order valence-electron chi connectivity index (χ0n) is 20.1. The highest BCUT2D eigenvalue weighted by Crippen LogP contribution is 2.55. The van der Waals surface area contributed by atoms with Crippen LogP contribution >= 0.6 is 11.3 Å². The van der Waals surface area contributed by atoms with Gasteiger partial charge in [0.15, 0.2) is 5.78 Å². The number of ketones is 1. The van der Waals surface area contributed by atoms with Crippen molar-refractivity contribution in [3.8, 4) is 5.75 Å². The van der Waals surface area contributed by atoms with Crippen molar-refractivity contribution in [3.05, 3.63) is 118 Å². The van der Waals surface area contributed by atoms with Crippen molar-refractivity contribution in [2.75, 3.05) is 12.0 Å². The van der Waals surface area contributed by atoms with E-state index >= 15 is 0 Å². The fourth-order valence-electron chi connectivity index (χ4n) is 5.67. The smallest absolute Gasteiger partial charge is 0.332 e. The first-order valence-corrected chi connectivity index (χ1v) is 13.0. The largest absolute Gasteiger partial charge is 0.497 e. The van der Waals surface area contributed by atoms with Crippen molar-refractivity contribution in [2.24, 2.45) is 5.92 Å². The minimum atomic E-state index is -0.814. The van der Waals surface area contributed by atoms with E-state index in [9.17, 15) is 14.4 Å². The minimum Gasteiger partial charge on any atom is -0.497 e. The Hall–Kier alpha value is -4.23. The number of hydrogen-bond acceptors (Lipinski definition) is 5. The Labute approximate surface area is 218 Å². The van der Waals surface area contributed by atoms with Crippen molar-refractivity contribution in [3.63, 3.8) is 0 Å². The Bertz CT molecular complexity index is 1440. The molecule has 2 fully saturated rings. The third-order valence-electron chi connectivity index (χ3n) is 7.26. The molecule has 0 aliphatic carbocycles. The molecule has 2 aliphatic rings. The zero-order chi connectivity index (χ0) is 25.5. The van der Waals surface area contributed by atoms with Gasteiger partial charge in [-0.1, -0.05) is 66.7 Å². The summed E-state index contributed by atoms with van der Waals surface area (Å²) in [7, 11) is 1.60. The van der Waals surface area contributed by atoms with Crippen LogP contribution in [-0.4, -0.2) is 35.8 Å². The van der Waals surface area contributed by atoms with Crippen molar-refractivity contribution < 1.29 is 19.1 Å². The van der Waals surface area contributed by atoms with E-state index in [4.69, 9.17) is 4.74 Å². The second-order valence-electron chi connectivity index (χ2n) is 9.16. The molecule has 3 amide bonds. The summed E-state index contributed by atoms with van der Waals surface area (Å²) in [5.41, 5.74) is 1.91. The van der Waals surface area contributed by atoms with Gasteiger partial charge in [-0.25, -0.2) is 9.69 Å². The van der Waals surface area contributed by atoms with E-state index in [0.717, 1.165) is 10.4 Å². The Morgan fingerprint density at radius 2 is 1.49 bits per heavy atom. The lowest BCUT2D eigenvalue weighted by Crippen LogP contribution is -2.38. The van der Waals surface area contributed by atoms with E-state index in [1.54, 1.807) is 48.4 Å². The molecule has 0 spiro atoms. The summed E-state index contributed by atoms with van der Waals surface area (Å²) in [6.07, 6.45) is 0. The molecule has 0 radical (unpaired) electrons. The Morgan fingerprint density at radius 1 is 0.811 bits per heavy atom. The Morgan fingerprint density at radius 3 is 2.11 bits per heavy atom. The van der Waals surface area contributed by atoms with Crippen molar-refractivity contribution in [1.82, 2.24) is 4.90 Å². The molecule has 184 valence electrons. The number of urea groups is 1. The van der Waals surface area contributed by atoms with Gasteiger partial charge >= 0.3 is 6.03 Å². The lowest BCUT2D eigenvalue weighted by molar-refractivity contribution is -0.119. The maximum absolute atomic E-state index is 14.2. The van der Waals surface area contributed by atoms with Gasteiger partial charge in [0.2, 0.25) is 0 Å². The van der Waals surface area contributed by atoms with Gasteiger partial charge in [-0.2, -0.15) is 0 Å². The standard InChI is InChI=1S/C30H24N2O4S/c1-36-22-16-14-19(15-17-22)24-25(28(33)20-9-4-2-5-10-20)26(23-13-8-18-37-23)32-27(24)29(34)31(30(32)35)21-11-6-3-7-12-21/h2-18,24-27H,1H3. The molecule has 2 saturated heterocycles. The second kappa shape index (κ2) is 9.33. The van der Waals surface area contributed by atoms with E-state index in [-0.39, 0.29) is 11.7 Å². The predicted octanol–water partition coefficient (Wildman–Crippen LogP) is 5.93. The highest BCUT2D eigenvalue weighted by atomic mass is 32.1. The fourth-order valence-corrected chi connectivity index (χ4v) is 6.54. The third-order valence-corrected chi connectivity index (χ3v) is 8.21. The number of benzene rings is 3. The number of fused-ring (bicyclic) bond motifs is 1. The second-order valence-corrected chi connectivity index (χ2v) is 10.1. The molecular formula is C30H24N2O4S. The fraction of sp³-hybridized carbons (Fsp3) is 0.167. The number of carbonyl (C=O) groups excluding carboxylic acids is 3. The monoisotopic (exact) mass is 508 g/mol. The van der Waals surface area contributed by atoms with E-state index in [2.05, 4.69) is 0 Å². The third kappa shape index (κ3) is 3.74. The number of ether oxygens (including phenoxy) is 1. The number of imide groups is 1. The number of hydrogen-bond donors (Lipinski definition) is 0.